The summed E-state index contributed by atoms with van der Waals surface area (Å²) in [7, 11) is 0. The van der Waals surface area contributed by atoms with Gasteiger partial charge in [0.25, 0.3) is 0 Å². The van der Waals surface area contributed by atoms with Crippen LogP contribution in [0.3, 0.4) is 0 Å². The van der Waals surface area contributed by atoms with E-state index >= 15 is 0 Å². The molecule has 1 atom stereocenters. The van der Waals surface area contributed by atoms with E-state index in [0.29, 0.717) is 23.8 Å². The molecule has 3 aromatic rings. The Hall–Kier alpha value is -3.57. The minimum Gasteiger partial charge on any atom is -0.444 e. The first-order chi connectivity index (χ1) is 17.5. The molecule has 0 spiro atoms. The van der Waals surface area contributed by atoms with Gasteiger partial charge in [-0.1, -0.05) is 19.9 Å². The van der Waals surface area contributed by atoms with Crippen molar-refractivity contribution in [2.45, 2.75) is 59.2 Å². The third kappa shape index (κ3) is 8.80. The molecule has 198 valence electrons. The first kappa shape index (κ1) is 28.0. The van der Waals surface area contributed by atoms with Gasteiger partial charge in [0.15, 0.2) is 0 Å². The fraction of sp³-hybridized carbons (Fsp3) is 0.423. The average molecular weight is 527 g/mol. The summed E-state index contributed by atoms with van der Waals surface area (Å²) in [6.07, 6.45) is 3.44. The van der Waals surface area contributed by atoms with Crippen LogP contribution in [0.1, 0.15) is 46.7 Å². The fourth-order valence-electron chi connectivity index (χ4n) is 3.54. The number of ether oxygens (including phenoxy) is 1. The van der Waals surface area contributed by atoms with E-state index < -0.39 is 23.8 Å². The first-order valence-corrected chi connectivity index (χ1v) is 12.9. The molecule has 0 aliphatic heterocycles. The minimum atomic E-state index is -0.685. The Balaban J connectivity index is 1.69. The quantitative estimate of drug-likeness (QED) is 0.341. The van der Waals surface area contributed by atoms with Crippen molar-refractivity contribution in [2.24, 2.45) is 5.92 Å². The van der Waals surface area contributed by atoms with Crippen LogP contribution in [0.25, 0.3) is 10.6 Å². The van der Waals surface area contributed by atoms with Gasteiger partial charge in [-0.25, -0.2) is 19.6 Å². The van der Waals surface area contributed by atoms with E-state index in [9.17, 15) is 14.7 Å². The van der Waals surface area contributed by atoms with Crippen molar-refractivity contribution in [3.05, 3.63) is 53.8 Å². The number of urea groups is 1. The lowest BCUT2D eigenvalue weighted by atomic mass is 10.0. The summed E-state index contributed by atoms with van der Waals surface area (Å²) in [5, 5.41) is 17.9. The maximum Gasteiger partial charge on any atom is 0.410 e. The van der Waals surface area contributed by atoms with E-state index in [1.165, 1.54) is 16.2 Å². The van der Waals surface area contributed by atoms with Crippen molar-refractivity contribution in [3.63, 3.8) is 0 Å². The average Bonchev–Trinajstić information content (AvgIpc) is 3.29. The second-order valence-electron chi connectivity index (χ2n) is 9.94. The van der Waals surface area contributed by atoms with Crippen LogP contribution in [-0.2, 0) is 11.3 Å². The smallest absolute Gasteiger partial charge is 0.410 e. The van der Waals surface area contributed by atoms with E-state index in [1.807, 2.05) is 26.0 Å². The van der Waals surface area contributed by atoms with Crippen molar-refractivity contribution in [2.75, 3.05) is 17.2 Å². The molecule has 0 bridgehead atoms. The predicted molar refractivity (Wildman–Crippen MR) is 144 cm³/mol. The number of thiazole rings is 1. The van der Waals surface area contributed by atoms with Gasteiger partial charge in [0.1, 0.15) is 22.2 Å². The van der Waals surface area contributed by atoms with E-state index in [4.69, 9.17) is 4.74 Å². The molecule has 0 radical (unpaired) electrons. The molecule has 3 N–H and O–H groups in total. The molecule has 37 heavy (non-hydrogen) atoms. The molecule has 0 saturated heterocycles. The van der Waals surface area contributed by atoms with Crippen LogP contribution < -0.4 is 10.6 Å². The Morgan fingerprint density at radius 2 is 1.78 bits per heavy atom. The van der Waals surface area contributed by atoms with E-state index in [1.54, 1.807) is 56.7 Å². The molecule has 0 aromatic carbocycles. The zero-order valence-electron chi connectivity index (χ0n) is 21.8. The highest BCUT2D eigenvalue weighted by Gasteiger charge is 2.29. The SMILES string of the molecule is CC(C)CC(CO)N(Cc1cccc(NC(=O)Nc2csc(-c3ccncc3)n2)n1)C(=O)OC(C)(C)C. The molecule has 3 aromatic heterocycles. The minimum absolute atomic E-state index is 0.116. The van der Waals surface area contributed by atoms with Gasteiger partial charge < -0.3 is 9.84 Å². The molecule has 3 rings (SSSR count). The number of aromatic nitrogens is 3. The molecular weight excluding hydrogens is 492 g/mol. The van der Waals surface area contributed by atoms with Crippen molar-refractivity contribution >= 4 is 35.1 Å². The van der Waals surface area contributed by atoms with Crippen molar-refractivity contribution in [3.8, 4) is 10.6 Å². The monoisotopic (exact) mass is 526 g/mol. The van der Waals surface area contributed by atoms with Crippen LogP contribution in [0.2, 0.25) is 0 Å². The highest BCUT2D eigenvalue weighted by molar-refractivity contribution is 7.13. The first-order valence-electron chi connectivity index (χ1n) is 12.0. The Morgan fingerprint density at radius 1 is 1.08 bits per heavy atom. The van der Waals surface area contributed by atoms with Gasteiger partial charge in [-0.05, 0) is 57.4 Å². The number of amides is 3. The number of nitrogens with one attached hydrogen (secondary N) is 2. The number of aliphatic hydroxyl groups excluding tert-OH is 1. The number of hydrogen-bond donors (Lipinski definition) is 3. The molecule has 0 aliphatic carbocycles. The number of aliphatic hydroxyl groups is 1. The molecule has 0 fully saturated rings. The number of carbonyl (C=O) groups excluding carboxylic acids is 2. The summed E-state index contributed by atoms with van der Waals surface area (Å²) in [6, 6.07) is 7.92. The van der Waals surface area contributed by atoms with Crippen LogP contribution in [0.15, 0.2) is 48.1 Å². The zero-order chi connectivity index (χ0) is 27.0. The lowest BCUT2D eigenvalue weighted by Gasteiger charge is -2.33. The highest BCUT2D eigenvalue weighted by atomic mass is 32.1. The lowest BCUT2D eigenvalue weighted by molar-refractivity contribution is 0.00380. The molecule has 0 saturated carbocycles. The summed E-state index contributed by atoms with van der Waals surface area (Å²) < 4.78 is 5.59. The van der Waals surface area contributed by atoms with E-state index in [0.717, 1.165) is 10.6 Å². The Labute approximate surface area is 221 Å². The number of nitrogens with zero attached hydrogens (tertiary/aromatic N) is 4. The highest BCUT2D eigenvalue weighted by Crippen LogP contribution is 2.25. The van der Waals surface area contributed by atoms with Crippen LogP contribution in [0, 0.1) is 5.92 Å². The van der Waals surface area contributed by atoms with Crippen molar-refractivity contribution in [1.29, 1.82) is 0 Å². The molecule has 11 heteroatoms. The van der Waals surface area contributed by atoms with Crippen LogP contribution in [-0.4, -0.2) is 55.3 Å². The summed E-state index contributed by atoms with van der Waals surface area (Å²) >= 11 is 1.41. The molecule has 3 heterocycles. The normalized spacial score (nSPS) is 12.2. The predicted octanol–water partition coefficient (Wildman–Crippen LogP) is 5.39. The summed E-state index contributed by atoms with van der Waals surface area (Å²) in [5.74, 6) is 0.991. The number of carbonyl (C=O) groups is 2. The molecule has 10 nitrogen and oxygen atoms in total. The molecule has 3 amide bonds. The third-order valence-corrected chi connectivity index (χ3v) is 5.97. The number of rotatable bonds is 9. The largest absolute Gasteiger partial charge is 0.444 e. The molecular formula is C26H34N6O4S. The van der Waals surface area contributed by atoms with Gasteiger partial charge in [0, 0.05) is 23.3 Å². The van der Waals surface area contributed by atoms with Gasteiger partial charge in [0.2, 0.25) is 0 Å². The second-order valence-corrected chi connectivity index (χ2v) is 10.8. The van der Waals surface area contributed by atoms with Gasteiger partial charge >= 0.3 is 12.1 Å². The summed E-state index contributed by atoms with van der Waals surface area (Å²) in [4.78, 5) is 40.0. The van der Waals surface area contributed by atoms with Gasteiger partial charge in [-0.3, -0.25) is 20.5 Å². The topological polar surface area (TPSA) is 130 Å². The standard InChI is InChI=1S/C26H34N6O4S/c1-17(2)13-20(15-33)32(25(35)36-26(3,4)5)14-19-7-6-8-21(28-19)30-24(34)31-22-16-37-23(29-22)18-9-11-27-12-10-18/h6-12,16-17,20,33H,13-15H2,1-5H3,(H2,28,30,31,34). The Kier molecular flexibility index (Phi) is 9.54. The maximum atomic E-state index is 13.0. The van der Waals surface area contributed by atoms with Crippen LogP contribution >= 0.6 is 11.3 Å². The molecule has 0 aliphatic rings. The number of pyridine rings is 2. The van der Waals surface area contributed by atoms with Crippen molar-refractivity contribution < 1.29 is 19.4 Å². The van der Waals surface area contributed by atoms with Crippen molar-refractivity contribution in [1.82, 2.24) is 19.9 Å². The van der Waals surface area contributed by atoms with E-state index in [-0.39, 0.29) is 19.1 Å². The Bertz CT molecular complexity index is 1180. The van der Waals surface area contributed by atoms with Gasteiger partial charge in [-0.2, -0.15) is 0 Å². The third-order valence-electron chi connectivity index (χ3n) is 5.08. The fourth-order valence-corrected chi connectivity index (χ4v) is 4.30. The summed E-state index contributed by atoms with van der Waals surface area (Å²) in [6.45, 7) is 9.35. The Morgan fingerprint density at radius 3 is 2.43 bits per heavy atom. The summed E-state index contributed by atoms with van der Waals surface area (Å²) in [5.41, 5.74) is 0.769. The van der Waals surface area contributed by atoms with Gasteiger partial charge in [0.05, 0.1) is 24.9 Å². The molecule has 1 unspecified atom stereocenters. The maximum absolute atomic E-state index is 13.0. The van der Waals surface area contributed by atoms with Gasteiger partial charge in [-0.15, -0.1) is 11.3 Å². The second kappa shape index (κ2) is 12.6. The van der Waals surface area contributed by atoms with Crippen LogP contribution in [0.5, 0.6) is 0 Å². The zero-order valence-corrected chi connectivity index (χ0v) is 22.6. The number of hydrogen-bond acceptors (Lipinski definition) is 8. The lowest BCUT2D eigenvalue weighted by Crippen LogP contribution is -2.45. The van der Waals surface area contributed by atoms with E-state index in [2.05, 4.69) is 25.6 Å². The number of anilines is 2. The van der Waals surface area contributed by atoms with Crippen LogP contribution in [0.4, 0.5) is 21.2 Å².